The molecule has 0 saturated heterocycles. The summed E-state index contributed by atoms with van der Waals surface area (Å²) in [7, 11) is 0. The van der Waals surface area contributed by atoms with Gasteiger partial charge in [0.2, 0.25) is 11.9 Å². The smallest absolute Gasteiger partial charge is 0.229 e. The summed E-state index contributed by atoms with van der Waals surface area (Å²) in [5, 5.41) is 9.86. The Morgan fingerprint density at radius 1 is 0.969 bits per heavy atom. The van der Waals surface area contributed by atoms with E-state index in [0.717, 1.165) is 28.2 Å². The topological polar surface area (TPSA) is 74.2 Å². The van der Waals surface area contributed by atoms with Crippen LogP contribution in [0.1, 0.15) is 28.1 Å². The summed E-state index contributed by atoms with van der Waals surface area (Å²) in [4.78, 5) is 13.4. The Kier molecular flexibility index (Phi) is 7.83. The van der Waals surface area contributed by atoms with Crippen LogP contribution in [0, 0.1) is 33.5 Å². The van der Waals surface area contributed by atoms with Gasteiger partial charge in [0, 0.05) is 23.6 Å². The molecule has 166 valence electrons. The summed E-state index contributed by atoms with van der Waals surface area (Å²) in [6, 6.07) is 14.3. The van der Waals surface area contributed by atoms with Gasteiger partial charge < -0.3 is 10.6 Å². The minimum atomic E-state index is -0.254. The van der Waals surface area contributed by atoms with Crippen molar-refractivity contribution in [2.45, 2.75) is 34.1 Å². The Bertz CT molecular complexity index is 1110. The standard InChI is InChI=1S/C24H27FN6S/c1-15-6-5-7-21(18(15)4)29-24(32)31-22(30-23-27-16(2)14-17(3)28-23)26-13-12-19-8-10-20(25)11-9-19/h5-11,14H,12-13H2,1-4H3,(H3,26,27,28,29,30,31,32). The van der Waals surface area contributed by atoms with Gasteiger partial charge in [0.25, 0.3) is 0 Å². The van der Waals surface area contributed by atoms with Crippen molar-refractivity contribution in [3.05, 3.63) is 82.4 Å². The molecule has 0 unspecified atom stereocenters. The van der Waals surface area contributed by atoms with Crippen LogP contribution >= 0.6 is 12.2 Å². The Hall–Kier alpha value is -3.39. The quantitative estimate of drug-likeness (QED) is 0.293. The molecule has 0 aliphatic heterocycles. The molecule has 0 aliphatic carbocycles. The van der Waals surface area contributed by atoms with Gasteiger partial charge in [-0.15, -0.1) is 0 Å². The van der Waals surface area contributed by atoms with Crippen molar-refractivity contribution in [1.82, 2.24) is 15.3 Å². The normalized spacial score (nSPS) is 11.2. The Morgan fingerprint density at radius 2 is 1.66 bits per heavy atom. The van der Waals surface area contributed by atoms with Crippen molar-refractivity contribution in [1.29, 1.82) is 0 Å². The number of aryl methyl sites for hydroxylation is 3. The van der Waals surface area contributed by atoms with Crippen LogP contribution in [0.5, 0.6) is 0 Å². The number of aliphatic imine (C=N–C) groups is 1. The number of nitrogens with one attached hydrogen (secondary N) is 3. The van der Waals surface area contributed by atoms with E-state index < -0.39 is 0 Å². The van der Waals surface area contributed by atoms with Gasteiger partial charge in [0.1, 0.15) is 5.82 Å². The van der Waals surface area contributed by atoms with Gasteiger partial charge in [0.05, 0.1) is 0 Å². The fourth-order valence-electron chi connectivity index (χ4n) is 3.09. The number of aromatic nitrogens is 2. The minimum Gasteiger partial charge on any atom is -0.332 e. The lowest BCUT2D eigenvalue weighted by Crippen LogP contribution is -2.39. The van der Waals surface area contributed by atoms with Crippen molar-refractivity contribution < 1.29 is 4.39 Å². The highest BCUT2D eigenvalue weighted by molar-refractivity contribution is 7.80. The molecule has 0 amide bonds. The molecule has 0 bridgehead atoms. The highest BCUT2D eigenvalue weighted by Crippen LogP contribution is 2.17. The monoisotopic (exact) mass is 450 g/mol. The number of hydrogen-bond acceptors (Lipinski definition) is 4. The summed E-state index contributed by atoms with van der Waals surface area (Å²) in [5.41, 5.74) is 5.91. The molecule has 32 heavy (non-hydrogen) atoms. The van der Waals surface area contributed by atoms with Crippen molar-refractivity contribution in [3.63, 3.8) is 0 Å². The Labute approximate surface area is 193 Å². The van der Waals surface area contributed by atoms with Crippen LogP contribution in [0.15, 0.2) is 53.5 Å². The van der Waals surface area contributed by atoms with E-state index >= 15 is 0 Å². The summed E-state index contributed by atoms with van der Waals surface area (Å²) < 4.78 is 13.1. The number of guanidine groups is 1. The lowest BCUT2D eigenvalue weighted by Gasteiger charge is -2.16. The van der Waals surface area contributed by atoms with Crippen molar-refractivity contribution >= 4 is 34.9 Å². The molecule has 3 aromatic rings. The highest BCUT2D eigenvalue weighted by atomic mass is 32.1. The van der Waals surface area contributed by atoms with Gasteiger partial charge in [-0.2, -0.15) is 0 Å². The number of halogens is 1. The van der Waals surface area contributed by atoms with Crippen LogP contribution in [0.4, 0.5) is 16.0 Å². The molecule has 0 radical (unpaired) electrons. The van der Waals surface area contributed by atoms with Crippen LogP contribution in [0.25, 0.3) is 0 Å². The first-order valence-corrected chi connectivity index (χ1v) is 10.7. The molecule has 8 heteroatoms. The minimum absolute atomic E-state index is 0.254. The molecular formula is C24H27FN6S. The largest absolute Gasteiger partial charge is 0.332 e. The Morgan fingerprint density at radius 3 is 2.34 bits per heavy atom. The second-order valence-electron chi connectivity index (χ2n) is 7.53. The van der Waals surface area contributed by atoms with Crippen molar-refractivity contribution in [3.8, 4) is 0 Å². The third-order valence-corrected chi connectivity index (χ3v) is 5.09. The fourth-order valence-corrected chi connectivity index (χ4v) is 3.30. The number of anilines is 2. The van der Waals surface area contributed by atoms with E-state index in [1.807, 2.05) is 39.0 Å². The molecule has 0 spiro atoms. The molecular weight excluding hydrogens is 423 g/mol. The highest BCUT2D eigenvalue weighted by Gasteiger charge is 2.09. The third-order valence-electron chi connectivity index (χ3n) is 4.88. The van der Waals surface area contributed by atoms with E-state index in [0.29, 0.717) is 30.0 Å². The van der Waals surface area contributed by atoms with Gasteiger partial charge in [0.15, 0.2) is 5.11 Å². The molecule has 1 aromatic heterocycles. The maximum Gasteiger partial charge on any atom is 0.229 e. The summed E-state index contributed by atoms with van der Waals surface area (Å²) in [6.07, 6.45) is 0.651. The molecule has 0 atom stereocenters. The number of hydrogen-bond donors (Lipinski definition) is 3. The first-order valence-electron chi connectivity index (χ1n) is 10.3. The molecule has 2 aromatic carbocycles. The maximum atomic E-state index is 13.1. The van der Waals surface area contributed by atoms with E-state index in [9.17, 15) is 4.39 Å². The van der Waals surface area contributed by atoms with E-state index in [1.54, 1.807) is 12.1 Å². The van der Waals surface area contributed by atoms with Gasteiger partial charge in [-0.3, -0.25) is 10.3 Å². The molecule has 6 nitrogen and oxygen atoms in total. The average Bonchev–Trinajstić information content (AvgIpc) is 2.72. The molecule has 1 heterocycles. The predicted molar refractivity (Wildman–Crippen MR) is 133 cm³/mol. The van der Waals surface area contributed by atoms with Crippen molar-refractivity contribution in [2.24, 2.45) is 4.99 Å². The lowest BCUT2D eigenvalue weighted by molar-refractivity contribution is 0.627. The number of rotatable bonds is 5. The van der Waals surface area contributed by atoms with Crippen LogP contribution < -0.4 is 16.0 Å². The van der Waals surface area contributed by atoms with E-state index in [-0.39, 0.29) is 5.82 Å². The van der Waals surface area contributed by atoms with Crippen LogP contribution in [-0.2, 0) is 6.42 Å². The summed E-state index contributed by atoms with van der Waals surface area (Å²) in [6.45, 7) is 8.38. The number of nitrogens with zero attached hydrogens (tertiary/aromatic N) is 3. The second-order valence-corrected chi connectivity index (χ2v) is 7.94. The Balaban J connectivity index is 1.74. The van der Waals surface area contributed by atoms with E-state index in [1.165, 1.54) is 17.7 Å². The predicted octanol–water partition coefficient (Wildman–Crippen LogP) is 4.85. The molecule has 0 saturated carbocycles. The second kappa shape index (κ2) is 10.8. The molecule has 0 fully saturated rings. The summed E-state index contributed by atoms with van der Waals surface area (Å²) in [5.74, 6) is 0.612. The van der Waals surface area contributed by atoms with Gasteiger partial charge in [-0.1, -0.05) is 24.3 Å². The van der Waals surface area contributed by atoms with Gasteiger partial charge in [-0.25, -0.2) is 14.4 Å². The van der Waals surface area contributed by atoms with Crippen LogP contribution in [0.3, 0.4) is 0 Å². The molecule has 3 N–H and O–H groups in total. The first kappa shape index (κ1) is 23.3. The zero-order valence-electron chi connectivity index (χ0n) is 18.7. The first-order chi connectivity index (χ1) is 15.3. The number of thiocarbonyl (C=S) groups is 1. The average molecular weight is 451 g/mol. The molecule has 0 aliphatic rings. The zero-order chi connectivity index (χ0) is 23.1. The fraction of sp³-hybridized carbons (Fsp3) is 0.250. The SMILES string of the molecule is Cc1cc(C)nc(NC(=NCCc2ccc(F)cc2)NC(=S)Nc2cccc(C)c2C)n1. The third kappa shape index (κ3) is 6.81. The van der Waals surface area contributed by atoms with Gasteiger partial charge >= 0.3 is 0 Å². The van der Waals surface area contributed by atoms with Crippen molar-refractivity contribution in [2.75, 3.05) is 17.2 Å². The van der Waals surface area contributed by atoms with Crippen LogP contribution in [-0.4, -0.2) is 27.6 Å². The summed E-state index contributed by atoms with van der Waals surface area (Å²) >= 11 is 5.52. The molecule has 3 rings (SSSR count). The van der Waals surface area contributed by atoms with Gasteiger partial charge in [-0.05, 0) is 87.3 Å². The van der Waals surface area contributed by atoms with E-state index in [2.05, 4.69) is 43.9 Å². The number of benzene rings is 2. The maximum absolute atomic E-state index is 13.1. The van der Waals surface area contributed by atoms with E-state index in [4.69, 9.17) is 12.2 Å². The lowest BCUT2D eigenvalue weighted by atomic mass is 10.1. The van der Waals surface area contributed by atoms with Crippen LogP contribution in [0.2, 0.25) is 0 Å². The zero-order valence-corrected chi connectivity index (χ0v) is 19.5.